The molecule has 0 aliphatic heterocycles. The van der Waals surface area contributed by atoms with Crippen molar-refractivity contribution in [1.82, 2.24) is 0 Å². The van der Waals surface area contributed by atoms with Gasteiger partial charge in [0.1, 0.15) is 5.75 Å². The lowest BCUT2D eigenvalue weighted by Crippen LogP contribution is -2.44. The zero-order valence-electron chi connectivity index (χ0n) is 19.4. The smallest absolute Gasteiger partial charge is 0.335 e. The summed E-state index contributed by atoms with van der Waals surface area (Å²) >= 11 is 0. The van der Waals surface area contributed by atoms with Gasteiger partial charge >= 0.3 is 5.97 Å². The van der Waals surface area contributed by atoms with Crippen LogP contribution in [0.5, 0.6) is 5.75 Å². The average Bonchev–Trinajstić information content (AvgIpc) is 2.78. The van der Waals surface area contributed by atoms with E-state index in [9.17, 15) is 4.79 Å². The normalized spacial score (nSPS) is 25.7. The van der Waals surface area contributed by atoms with E-state index in [1.54, 1.807) is 6.08 Å². The standard InChI is InChI=1S/C28H42O2/c1-3-5-7-9-11-17-27-18-21-28(22-19-27,23-20-27)24-13-15-25(16-14-24)30-26(29)12-10-8-6-4-2/h10,12-16H,3-9,11,17-23H2,1-2H3. The molecule has 0 saturated heterocycles. The van der Waals surface area contributed by atoms with Crippen LogP contribution in [0.25, 0.3) is 0 Å². The Morgan fingerprint density at radius 1 is 0.867 bits per heavy atom. The van der Waals surface area contributed by atoms with Crippen LogP contribution in [-0.2, 0) is 10.2 Å². The predicted octanol–water partition coefficient (Wildman–Crippen LogP) is 8.29. The molecule has 0 amide bonds. The minimum absolute atomic E-state index is 0.268. The van der Waals surface area contributed by atoms with E-state index >= 15 is 0 Å². The van der Waals surface area contributed by atoms with Crippen molar-refractivity contribution >= 4 is 5.97 Å². The summed E-state index contributed by atoms with van der Waals surface area (Å²) in [5.74, 6) is 0.393. The number of rotatable bonds is 12. The van der Waals surface area contributed by atoms with E-state index in [2.05, 4.69) is 26.0 Å². The van der Waals surface area contributed by atoms with E-state index in [1.165, 1.54) is 82.6 Å². The SMILES string of the molecule is CCCCC=CC(=O)Oc1ccc(C23CCC(CCCCCCC)(CC2)CC3)cc1. The van der Waals surface area contributed by atoms with Crippen LogP contribution in [0.3, 0.4) is 0 Å². The molecule has 2 bridgehead atoms. The number of esters is 1. The van der Waals surface area contributed by atoms with Gasteiger partial charge in [0, 0.05) is 6.08 Å². The maximum Gasteiger partial charge on any atom is 0.335 e. The number of carbonyl (C=O) groups is 1. The van der Waals surface area contributed by atoms with Crippen LogP contribution in [0.15, 0.2) is 36.4 Å². The minimum Gasteiger partial charge on any atom is -0.423 e. The highest BCUT2D eigenvalue weighted by molar-refractivity contribution is 5.83. The lowest BCUT2D eigenvalue weighted by atomic mass is 9.51. The fourth-order valence-corrected chi connectivity index (χ4v) is 5.70. The molecule has 2 nitrogen and oxygen atoms in total. The molecule has 0 aromatic heterocycles. The second-order valence-electron chi connectivity index (χ2n) is 9.93. The van der Waals surface area contributed by atoms with Crippen LogP contribution in [-0.4, -0.2) is 5.97 Å². The molecule has 3 aliphatic carbocycles. The highest BCUT2D eigenvalue weighted by Crippen LogP contribution is 2.59. The van der Waals surface area contributed by atoms with Crippen LogP contribution in [0.4, 0.5) is 0 Å². The molecule has 1 aromatic rings. The van der Waals surface area contributed by atoms with E-state index in [4.69, 9.17) is 4.74 Å². The third-order valence-corrected chi connectivity index (χ3v) is 7.88. The fraction of sp³-hybridized carbons (Fsp3) is 0.679. The molecule has 4 rings (SSSR count). The lowest BCUT2D eigenvalue weighted by molar-refractivity contribution is -0.129. The molecule has 1 aromatic carbocycles. The van der Waals surface area contributed by atoms with E-state index < -0.39 is 0 Å². The van der Waals surface area contributed by atoms with Crippen LogP contribution in [0, 0.1) is 5.41 Å². The van der Waals surface area contributed by atoms with Gasteiger partial charge in [-0.2, -0.15) is 0 Å². The number of hydrogen-bond donors (Lipinski definition) is 0. The number of ether oxygens (including phenoxy) is 1. The van der Waals surface area contributed by atoms with Gasteiger partial charge in [0.15, 0.2) is 0 Å². The van der Waals surface area contributed by atoms with Crippen molar-refractivity contribution in [2.75, 3.05) is 0 Å². The summed E-state index contributed by atoms with van der Waals surface area (Å²) in [6.45, 7) is 4.45. The van der Waals surface area contributed by atoms with Gasteiger partial charge in [-0.15, -0.1) is 0 Å². The van der Waals surface area contributed by atoms with Crippen molar-refractivity contribution < 1.29 is 9.53 Å². The summed E-state index contributed by atoms with van der Waals surface area (Å²) in [5.41, 5.74) is 2.47. The van der Waals surface area contributed by atoms with Crippen LogP contribution >= 0.6 is 0 Å². The maximum absolute atomic E-state index is 12.0. The third-order valence-electron chi connectivity index (χ3n) is 7.88. The van der Waals surface area contributed by atoms with Crippen molar-refractivity contribution in [2.45, 2.75) is 116 Å². The molecule has 0 N–H and O–H groups in total. The first kappa shape index (κ1) is 23.1. The zero-order chi connectivity index (χ0) is 21.3. The molecule has 0 atom stereocenters. The van der Waals surface area contributed by atoms with Crippen LogP contribution in [0.1, 0.15) is 116 Å². The molecule has 3 saturated carbocycles. The molecular weight excluding hydrogens is 368 g/mol. The topological polar surface area (TPSA) is 26.3 Å². The summed E-state index contributed by atoms with van der Waals surface area (Å²) in [6.07, 6.45) is 23.3. The summed E-state index contributed by atoms with van der Waals surface area (Å²) in [6, 6.07) is 8.41. The average molecular weight is 411 g/mol. The largest absolute Gasteiger partial charge is 0.423 e. The molecule has 0 unspecified atom stereocenters. The number of hydrogen-bond acceptors (Lipinski definition) is 2. The van der Waals surface area contributed by atoms with Gasteiger partial charge in [-0.25, -0.2) is 4.79 Å². The Bertz CT molecular complexity index is 661. The summed E-state index contributed by atoms with van der Waals surface area (Å²) in [4.78, 5) is 12.0. The first-order valence-corrected chi connectivity index (χ1v) is 12.6. The second kappa shape index (κ2) is 11.2. The molecule has 2 heteroatoms. The predicted molar refractivity (Wildman–Crippen MR) is 126 cm³/mol. The third kappa shape index (κ3) is 5.99. The van der Waals surface area contributed by atoms with E-state index in [-0.39, 0.29) is 5.97 Å². The van der Waals surface area contributed by atoms with E-state index in [1.807, 2.05) is 18.2 Å². The molecule has 0 spiro atoms. The maximum atomic E-state index is 12.0. The molecule has 166 valence electrons. The number of unbranched alkanes of at least 4 members (excludes halogenated alkanes) is 6. The summed E-state index contributed by atoms with van der Waals surface area (Å²) in [7, 11) is 0. The lowest BCUT2D eigenvalue weighted by Gasteiger charge is -2.54. The number of carbonyl (C=O) groups excluding carboxylic acids is 1. The van der Waals surface area contributed by atoms with E-state index in [0.717, 1.165) is 19.3 Å². The van der Waals surface area contributed by atoms with Gasteiger partial charge in [-0.05, 0) is 79.9 Å². The zero-order valence-corrected chi connectivity index (χ0v) is 19.4. The molecule has 0 radical (unpaired) electrons. The minimum atomic E-state index is -0.268. The number of benzene rings is 1. The second-order valence-corrected chi connectivity index (χ2v) is 9.93. The first-order chi connectivity index (χ1) is 14.6. The van der Waals surface area contributed by atoms with Gasteiger partial charge in [-0.3, -0.25) is 0 Å². The Morgan fingerprint density at radius 2 is 1.50 bits per heavy atom. The highest BCUT2D eigenvalue weighted by Gasteiger charge is 2.48. The van der Waals surface area contributed by atoms with Gasteiger partial charge in [0.25, 0.3) is 0 Å². The van der Waals surface area contributed by atoms with Gasteiger partial charge < -0.3 is 4.74 Å². The van der Waals surface area contributed by atoms with Gasteiger partial charge in [0.2, 0.25) is 0 Å². The number of allylic oxidation sites excluding steroid dienone is 1. The van der Waals surface area contributed by atoms with Gasteiger partial charge in [-0.1, -0.05) is 77.0 Å². The van der Waals surface area contributed by atoms with E-state index in [0.29, 0.717) is 16.6 Å². The Labute approximate surface area is 184 Å². The molecular formula is C28H42O2. The monoisotopic (exact) mass is 410 g/mol. The summed E-state index contributed by atoms with van der Waals surface area (Å²) in [5, 5.41) is 0. The van der Waals surface area contributed by atoms with Crippen LogP contribution in [0.2, 0.25) is 0 Å². The Hall–Kier alpha value is -1.57. The van der Waals surface area contributed by atoms with Crippen molar-refractivity contribution in [3.63, 3.8) is 0 Å². The molecule has 30 heavy (non-hydrogen) atoms. The van der Waals surface area contributed by atoms with Crippen molar-refractivity contribution in [2.24, 2.45) is 5.41 Å². The quantitative estimate of drug-likeness (QED) is 0.150. The summed E-state index contributed by atoms with van der Waals surface area (Å²) < 4.78 is 5.48. The first-order valence-electron chi connectivity index (χ1n) is 12.6. The highest BCUT2D eigenvalue weighted by atomic mass is 16.5. The fourth-order valence-electron chi connectivity index (χ4n) is 5.70. The number of fused-ring (bicyclic) bond motifs is 3. The van der Waals surface area contributed by atoms with Crippen LogP contribution < -0.4 is 4.74 Å². The molecule has 3 aliphatic rings. The Kier molecular flexibility index (Phi) is 8.60. The van der Waals surface area contributed by atoms with Crippen molar-refractivity contribution in [3.8, 4) is 5.75 Å². The van der Waals surface area contributed by atoms with Crippen molar-refractivity contribution in [3.05, 3.63) is 42.0 Å². The molecule has 3 fully saturated rings. The Morgan fingerprint density at radius 3 is 2.13 bits per heavy atom. The Balaban J connectivity index is 1.49. The van der Waals surface area contributed by atoms with Gasteiger partial charge in [0.05, 0.1) is 0 Å². The molecule has 0 heterocycles. The van der Waals surface area contributed by atoms with Crippen molar-refractivity contribution in [1.29, 1.82) is 0 Å².